The standard InChI is InChI=1S/C22H21F2N7OS.C22H24F2N6O.2C21H23F2N5/c1-11-5-12(10-33-11)22(32)28-15-4-2-3-14(7-15)27-20-17(24)9-26-21(29-20)18-16-6-13(23)8-25-19(16)31-30-18;1-12(31)14-5-4-8-22(6-2-3-7-22)18(14)27-20-16(24)11-26-21(28-20)17-15-9-13(23)10-25-19(15)30-29-17;2*1-2-14-11-3-5-12(6-4-11)15(14)8-18-17(23)10-25-21(26-18)19-16-7-13(22)9-24-20(16)28-27-19/h5-6,8-10,14-15H,2-4,7H2,1H3,(H,28,32)(H,25,30,31)(H,26,27,29);9-11,14,18H,2-8H2,1H3,(H,25,29,30)(H,26,27,28);2*7,9-12,14-15H,2-6,8H2,1H3,(H,24,27,28)/t14?,15-;14-,18-;2*11?,12?,14-,15?/m1110/s1. The zero-order valence-electron chi connectivity index (χ0n) is 66.7. The summed E-state index contributed by atoms with van der Waals surface area (Å²) in [5.41, 5.74) is 4.65. The van der Waals surface area contributed by atoms with Crippen LogP contribution in [0.15, 0.2) is 85.3 Å². The third-order valence-electron chi connectivity index (χ3n) is 26.5. The zero-order valence-corrected chi connectivity index (χ0v) is 67.5. The Balaban J connectivity index is 0.000000114. The highest BCUT2D eigenvalue weighted by molar-refractivity contribution is 7.10. The first kappa shape index (κ1) is 81.1. The van der Waals surface area contributed by atoms with E-state index in [-0.39, 0.29) is 76.1 Å². The van der Waals surface area contributed by atoms with Gasteiger partial charge in [0.25, 0.3) is 5.91 Å². The van der Waals surface area contributed by atoms with E-state index in [1.54, 1.807) is 6.92 Å². The minimum absolute atomic E-state index is 0.0140. The number of nitrogens with zero attached hydrogens (tertiary/aromatic N) is 16. The lowest BCUT2D eigenvalue weighted by molar-refractivity contribution is -0.123. The van der Waals surface area contributed by atoms with Crippen molar-refractivity contribution in [1.82, 2.24) is 106 Å². The van der Waals surface area contributed by atoms with E-state index in [2.05, 4.69) is 130 Å². The van der Waals surface area contributed by atoms with Gasteiger partial charge in [0.2, 0.25) is 0 Å². The maximum Gasteiger partial charge on any atom is 0.252 e. The molecule has 34 heteroatoms. The molecule has 0 radical (unpaired) electrons. The molecule has 0 aromatic carbocycles. The number of aromatic nitrogens is 20. The fourth-order valence-corrected chi connectivity index (χ4v) is 21.5. The second-order valence-electron chi connectivity index (χ2n) is 33.4. The van der Waals surface area contributed by atoms with Crippen molar-refractivity contribution in [2.24, 2.45) is 58.7 Å². The third-order valence-corrected chi connectivity index (χ3v) is 27.3. The number of rotatable bonds is 17. The number of halogens is 8. The molecule has 624 valence electrons. The van der Waals surface area contributed by atoms with Gasteiger partial charge in [-0.15, -0.1) is 11.3 Å². The highest BCUT2D eigenvalue weighted by Crippen LogP contribution is 2.55. The van der Waals surface area contributed by atoms with Crippen LogP contribution >= 0.6 is 11.3 Å². The Hall–Kier alpha value is -11.3. The molecule has 13 heterocycles. The largest absolute Gasteiger partial charge is 0.365 e. The molecule has 7 N–H and O–H groups in total. The summed E-state index contributed by atoms with van der Waals surface area (Å²) in [5, 5.41) is 40.7. The summed E-state index contributed by atoms with van der Waals surface area (Å²) in [6.45, 7) is 8.08. The molecule has 1 spiro atoms. The lowest BCUT2D eigenvalue weighted by Gasteiger charge is -2.48. The Bertz CT molecular complexity index is 5730. The Morgan fingerprint density at radius 1 is 0.442 bits per heavy atom. The Labute approximate surface area is 688 Å². The fourth-order valence-electron chi connectivity index (χ4n) is 20.8. The number of H-pyrrole nitrogens is 4. The molecule has 9 saturated carbocycles. The smallest absolute Gasteiger partial charge is 0.252 e. The normalized spacial score (nSPS) is 23.5. The Morgan fingerprint density at radius 3 is 1.23 bits per heavy atom. The first-order chi connectivity index (χ1) is 58.2. The number of aryl methyl sites for hydroxylation is 1. The van der Waals surface area contributed by atoms with E-state index in [0.29, 0.717) is 150 Å². The summed E-state index contributed by atoms with van der Waals surface area (Å²) in [4.78, 5) is 76.0. The van der Waals surface area contributed by atoms with Crippen LogP contribution in [0.2, 0.25) is 0 Å². The van der Waals surface area contributed by atoms with Crippen LogP contribution in [0.1, 0.15) is 182 Å². The number of hydrogen-bond donors (Lipinski definition) is 7. The minimum Gasteiger partial charge on any atom is -0.365 e. The van der Waals surface area contributed by atoms with E-state index in [9.17, 15) is 44.7 Å². The maximum atomic E-state index is 14.8. The van der Waals surface area contributed by atoms with Gasteiger partial charge in [-0.3, -0.25) is 30.0 Å². The van der Waals surface area contributed by atoms with E-state index in [1.165, 1.54) is 99.4 Å². The second kappa shape index (κ2) is 34.8. The topological polar surface area (TPSA) is 340 Å². The van der Waals surface area contributed by atoms with Gasteiger partial charge in [0.05, 0.1) is 88.1 Å². The van der Waals surface area contributed by atoms with Gasteiger partial charge < -0.3 is 16.0 Å². The van der Waals surface area contributed by atoms with Gasteiger partial charge in [-0.1, -0.05) is 46.0 Å². The summed E-state index contributed by atoms with van der Waals surface area (Å²) in [5.74, 6) is 2.30. The van der Waals surface area contributed by atoms with Crippen molar-refractivity contribution in [3.05, 3.63) is 154 Å². The molecule has 25 nitrogen and oxygen atoms in total. The minimum atomic E-state index is -0.591. The zero-order chi connectivity index (χ0) is 83.0. The molecule has 9 aliphatic carbocycles. The number of ketones is 1. The van der Waals surface area contributed by atoms with Crippen LogP contribution in [0.5, 0.6) is 0 Å². The molecule has 120 heavy (non-hydrogen) atoms. The van der Waals surface area contributed by atoms with Gasteiger partial charge in [-0.2, -0.15) is 20.4 Å². The number of anilines is 2. The predicted molar refractivity (Wildman–Crippen MR) is 435 cm³/mol. The number of carbonyl (C=O) groups is 2. The van der Waals surface area contributed by atoms with Gasteiger partial charge in [0.15, 0.2) is 80.8 Å². The van der Waals surface area contributed by atoms with Crippen LogP contribution in [0, 0.1) is 112 Å². The van der Waals surface area contributed by atoms with Crippen molar-refractivity contribution in [3.63, 3.8) is 0 Å². The van der Waals surface area contributed by atoms with Gasteiger partial charge in [-0.05, 0) is 213 Å². The third kappa shape index (κ3) is 16.9. The molecular formula is C86H91F8N23O2S. The van der Waals surface area contributed by atoms with Gasteiger partial charge >= 0.3 is 0 Å². The highest BCUT2D eigenvalue weighted by Gasteiger charge is 2.50. The molecule has 1 amide bonds. The summed E-state index contributed by atoms with van der Waals surface area (Å²) < 4.78 is 113. The Morgan fingerprint density at radius 2 is 0.825 bits per heavy atom. The molecule has 13 aromatic rings. The van der Waals surface area contributed by atoms with Crippen molar-refractivity contribution >= 4 is 78.8 Å². The van der Waals surface area contributed by atoms with Crippen LogP contribution in [0.4, 0.5) is 46.8 Å². The molecule has 8 atom stereocenters. The van der Waals surface area contributed by atoms with E-state index in [4.69, 9.17) is 0 Å². The number of carbonyl (C=O) groups excluding carboxylic acids is 2. The summed E-state index contributed by atoms with van der Waals surface area (Å²) in [7, 11) is 0. The first-order valence-electron chi connectivity index (χ1n) is 41.7. The van der Waals surface area contributed by atoms with Crippen LogP contribution in [0.3, 0.4) is 0 Å². The quantitative estimate of drug-likeness (QED) is 0.0416. The molecule has 9 aliphatic rings. The fraction of sp³-hybridized carbons (Fsp3) is 0.465. The highest BCUT2D eigenvalue weighted by atomic mass is 32.1. The van der Waals surface area contributed by atoms with E-state index >= 15 is 0 Å². The molecule has 0 saturated heterocycles. The van der Waals surface area contributed by atoms with Crippen LogP contribution in [-0.2, 0) is 17.6 Å². The predicted octanol–water partition coefficient (Wildman–Crippen LogP) is 18.0. The Kier molecular flexibility index (Phi) is 23.5. The van der Waals surface area contributed by atoms with Crippen LogP contribution in [0.25, 0.3) is 90.2 Å². The van der Waals surface area contributed by atoms with E-state index in [1.807, 2.05) is 18.4 Å². The molecule has 9 fully saturated rings. The molecule has 4 bridgehead atoms. The number of nitrogens with one attached hydrogen (secondary N) is 7. The molecule has 22 rings (SSSR count). The maximum absolute atomic E-state index is 14.8. The number of Topliss-reactive ketones (excluding diaryl/α,β-unsaturated/α-hetero) is 1. The lowest BCUT2D eigenvalue weighted by atomic mass is 9.57. The molecular weight excluding hydrogens is 1570 g/mol. The van der Waals surface area contributed by atoms with Crippen molar-refractivity contribution in [2.75, 3.05) is 10.6 Å². The van der Waals surface area contributed by atoms with Gasteiger partial charge in [0.1, 0.15) is 51.8 Å². The van der Waals surface area contributed by atoms with E-state index < -0.39 is 34.9 Å². The number of fused-ring (bicyclic) bond motifs is 10. The van der Waals surface area contributed by atoms with Crippen molar-refractivity contribution < 1.29 is 44.7 Å². The number of aromatic amines is 4. The van der Waals surface area contributed by atoms with Crippen molar-refractivity contribution in [1.29, 1.82) is 0 Å². The van der Waals surface area contributed by atoms with Gasteiger partial charge in [-0.25, -0.2) is 94.9 Å². The van der Waals surface area contributed by atoms with Crippen molar-refractivity contribution in [3.8, 4) is 46.1 Å². The summed E-state index contributed by atoms with van der Waals surface area (Å²) in [6.07, 6.45) is 33.2. The number of amides is 1. The van der Waals surface area contributed by atoms with Crippen LogP contribution in [-0.4, -0.2) is 130 Å². The SMILES string of the molecule is CC(=O)[C@H]1CCCC2(CCCC2)[C@@H]1Nc1nc(-c2[nH]nc3ncc(F)cc23)ncc1F.CC[C@@H]1C2CCC(CC2)C1Cc1nc(-c2[nH]nc3ncc(F)cc23)ncc1F.CC[C@H]1C2CCC(CC2)C1Cc1nc(-c2[nH]nc3ncc(F)cc23)ncc1F.Cc1cc(C(=O)N[C@@H]2CCCC(Nc3nc(-c4[nH]nc5ncc(F)cc45)ncc3F)C2)cs1. The van der Waals surface area contributed by atoms with E-state index in [0.717, 1.165) is 131 Å². The van der Waals surface area contributed by atoms with Gasteiger partial charge in [0, 0.05) is 34.3 Å². The monoisotopic (exact) mass is 1660 g/mol. The molecule has 13 aromatic heterocycles. The van der Waals surface area contributed by atoms with Crippen LogP contribution < -0.4 is 16.0 Å². The first-order valence-corrected chi connectivity index (χ1v) is 42.6. The number of hydrogen-bond acceptors (Lipinski definition) is 21. The second-order valence-corrected chi connectivity index (χ2v) is 34.5. The summed E-state index contributed by atoms with van der Waals surface area (Å²) in [6, 6.07) is 6.89. The molecule has 3 unspecified atom stereocenters. The number of thiophene rings is 1. The summed E-state index contributed by atoms with van der Waals surface area (Å²) >= 11 is 1.54. The number of pyridine rings is 4. The van der Waals surface area contributed by atoms with Crippen molar-refractivity contribution in [2.45, 2.75) is 193 Å². The molecule has 0 aliphatic heterocycles. The lowest BCUT2D eigenvalue weighted by Crippen LogP contribution is -2.49. The average Bonchev–Trinajstić information content (AvgIpc) is 1.56. The average molecular weight is 1660 g/mol.